The van der Waals surface area contributed by atoms with E-state index in [4.69, 9.17) is 5.73 Å². The second-order valence-electron chi connectivity index (χ2n) is 5.77. The van der Waals surface area contributed by atoms with Crippen LogP contribution in [0.2, 0.25) is 0 Å². The molecule has 0 aromatic heterocycles. The topological polar surface area (TPSA) is 75.4 Å². The lowest BCUT2D eigenvalue weighted by Gasteiger charge is -2.30. The molecular formula is C16H21N3O2. The maximum atomic E-state index is 12.5. The fourth-order valence-corrected chi connectivity index (χ4v) is 3.15. The Morgan fingerprint density at radius 3 is 2.71 bits per heavy atom. The van der Waals surface area contributed by atoms with Crippen LogP contribution in [-0.4, -0.2) is 35.8 Å². The first-order valence-corrected chi connectivity index (χ1v) is 7.56. The van der Waals surface area contributed by atoms with Crippen LogP contribution in [0.4, 0.5) is 0 Å². The number of aryl methyl sites for hydroxylation is 1. The lowest BCUT2D eigenvalue weighted by molar-refractivity contribution is -0.135. The third kappa shape index (κ3) is 2.93. The van der Waals surface area contributed by atoms with Gasteiger partial charge in [0, 0.05) is 6.04 Å². The highest BCUT2D eigenvalue weighted by molar-refractivity contribution is 5.86. The number of fused-ring (bicyclic) bond motifs is 1. The van der Waals surface area contributed by atoms with Crippen molar-refractivity contribution in [2.24, 2.45) is 5.73 Å². The van der Waals surface area contributed by atoms with Gasteiger partial charge in [-0.15, -0.1) is 0 Å². The van der Waals surface area contributed by atoms with Crippen molar-refractivity contribution < 1.29 is 9.59 Å². The van der Waals surface area contributed by atoms with Crippen LogP contribution in [0.5, 0.6) is 0 Å². The van der Waals surface area contributed by atoms with Crippen molar-refractivity contribution in [3.8, 4) is 0 Å². The molecule has 2 aliphatic rings. The summed E-state index contributed by atoms with van der Waals surface area (Å²) in [5.41, 5.74) is 7.86. The van der Waals surface area contributed by atoms with E-state index in [1.165, 1.54) is 11.1 Å². The third-order valence-corrected chi connectivity index (χ3v) is 4.29. The summed E-state index contributed by atoms with van der Waals surface area (Å²) in [5, 5.41) is 2.59. The van der Waals surface area contributed by atoms with Crippen molar-refractivity contribution in [1.82, 2.24) is 10.2 Å². The number of nitrogens with two attached hydrogens (primary N) is 1. The van der Waals surface area contributed by atoms with Gasteiger partial charge in [-0.3, -0.25) is 9.59 Å². The first-order valence-electron chi connectivity index (χ1n) is 7.56. The van der Waals surface area contributed by atoms with E-state index >= 15 is 0 Å². The minimum atomic E-state index is -0.286. The summed E-state index contributed by atoms with van der Waals surface area (Å²) in [5.74, 6) is -0.285. The van der Waals surface area contributed by atoms with Gasteiger partial charge in [-0.05, 0) is 36.8 Å². The van der Waals surface area contributed by atoms with Gasteiger partial charge in [0.1, 0.15) is 0 Å². The summed E-state index contributed by atoms with van der Waals surface area (Å²) < 4.78 is 0. The van der Waals surface area contributed by atoms with E-state index in [0.717, 1.165) is 25.7 Å². The van der Waals surface area contributed by atoms with Crippen LogP contribution in [0.1, 0.15) is 36.4 Å². The van der Waals surface area contributed by atoms with Gasteiger partial charge in [0.25, 0.3) is 0 Å². The molecule has 1 saturated carbocycles. The zero-order chi connectivity index (χ0) is 14.8. The zero-order valence-corrected chi connectivity index (χ0v) is 12.0. The van der Waals surface area contributed by atoms with Gasteiger partial charge in [-0.2, -0.15) is 0 Å². The number of hydrogen-bond acceptors (Lipinski definition) is 3. The van der Waals surface area contributed by atoms with Crippen molar-refractivity contribution in [2.75, 3.05) is 13.1 Å². The van der Waals surface area contributed by atoms with Gasteiger partial charge in [0.05, 0.1) is 19.1 Å². The number of carbonyl (C=O) groups is 2. The number of rotatable bonds is 5. The average Bonchev–Trinajstić information content (AvgIpc) is 3.25. The predicted octanol–water partition coefficient (Wildman–Crippen LogP) is 0.740. The minimum Gasteiger partial charge on any atom is -0.346 e. The predicted molar refractivity (Wildman–Crippen MR) is 79.4 cm³/mol. The first kappa shape index (κ1) is 14.1. The largest absolute Gasteiger partial charge is 0.346 e. The molecule has 3 N–H and O–H groups in total. The summed E-state index contributed by atoms with van der Waals surface area (Å²) in [6.07, 6.45) is 4.13. The molecule has 0 saturated heterocycles. The van der Waals surface area contributed by atoms with E-state index in [-0.39, 0.29) is 30.9 Å². The molecule has 0 spiro atoms. The van der Waals surface area contributed by atoms with Crippen LogP contribution >= 0.6 is 0 Å². The standard InChI is InChI=1S/C16H21N3O2/c17-9-15(20)18-10-16(21)19(12-6-7-12)14-8-5-11-3-1-2-4-13(11)14/h1-4,12,14H,5-10,17H2,(H,18,20). The minimum absolute atomic E-state index is 0.000929. The van der Waals surface area contributed by atoms with Crippen LogP contribution in [0.25, 0.3) is 0 Å². The summed E-state index contributed by atoms with van der Waals surface area (Å²) in [7, 11) is 0. The number of nitrogens with one attached hydrogen (secondary N) is 1. The molecule has 1 fully saturated rings. The Kier molecular flexibility index (Phi) is 3.92. The summed E-state index contributed by atoms with van der Waals surface area (Å²) >= 11 is 0. The van der Waals surface area contributed by atoms with Crippen LogP contribution in [-0.2, 0) is 16.0 Å². The zero-order valence-electron chi connectivity index (χ0n) is 12.0. The van der Waals surface area contributed by atoms with Crippen molar-refractivity contribution in [2.45, 2.75) is 37.8 Å². The third-order valence-electron chi connectivity index (χ3n) is 4.29. The van der Waals surface area contributed by atoms with Gasteiger partial charge >= 0.3 is 0 Å². The van der Waals surface area contributed by atoms with E-state index in [2.05, 4.69) is 17.4 Å². The van der Waals surface area contributed by atoms with Gasteiger partial charge in [-0.1, -0.05) is 24.3 Å². The van der Waals surface area contributed by atoms with Crippen LogP contribution in [0.3, 0.4) is 0 Å². The highest BCUT2D eigenvalue weighted by atomic mass is 16.2. The molecule has 0 radical (unpaired) electrons. The molecule has 2 amide bonds. The van der Waals surface area contributed by atoms with Crippen LogP contribution < -0.4 is 11.1 Å². The van der Waals surface area contributed by atoms with E-state index in [0.29, 0.717) is 6.04 Å². The molecule has 2 aliphatic carbocycles. The Balaban J connectivity index is 1.74. The Bertz CT molecular complexity index is 554. The normalized spacial score (nSPS) is 20.0. The van der Waals surface area contributed by atoms with E-state index < -0.39 is 0 Å². The SMILES string of the molecule is NCC(=O)NCC(=O)N(C1CC1)C1CCc2ccccc21. The number of benzene rings is 1. The maximum absolute atomic E-state index is 12.5. The molecule has 0 bridgehead atoms. The van der Waals surface area contributed by atoms with E-state index in [9.17, 15) is 9.59 Å². The molecule has 5 nitrogen and oxygen atoms in total. The lowest BCUT2D eigenvalue weighted by Crippen LogP contribution is -2.44. The van der Waals surface area contributed by atoms with Crippen LogP contribution in [0, 0.1) is 0 Å². The lowest BCUT2D eigenvalue weighted by atomic mass is 10.1. The fourth-order valence-electron chi connectivity index (χ4n) is 3.15. The quantitative estimate of drug-likeness (QED) is 0.838. The summed E-state index contributed by atoms with van der Waals surface area (Å²) in [4.78, 5) is 25.7. The molecular weight excluding hydrogens is 266 g/mol. The second kappa shape index (κ2) is 5.85. The van der Waals surface area contributed by atoms with Crippen molar-refractivity contribution >= 4 is 11.8 Å². The molecule has 1 aromatic rings. The molecule has 1 atom stereocenters. The average molecular weight is 287 g/mol. The molecule has 0 heterocycles. The Morgan fingerprint density at radius 2 is 2.00 bits per heavy atom. The molecule has 3 rings (SSSR count). The number of carbonyl (C=O) groups excluding carboxylic acids is 2. The Labute approximate surface area is 124 Å². The van der Waals surface area contributed by atoms with Crippen molar-refractivity contribution in [3.63, 3.8) is 0 Å². The molecule has 1 unspecified atom stereocenters. The monoisotopic (exact) mass is 287 g/mol. The van der Waals surface area contributed by atoms with Crippen molar-refractivity contribution in [1.29, 1.82) is 0 Å². The molecule has 21 heavy (non-hydrogen) atoms. The molecule has 5 heteroatoms. The number of nitrogens with zero attached hydrogens (tertiary/aromatic N) is 1. The number of hydrogen-bond donors (Lipinski definition) is 2. The highest BCUT2D eigenvalue weighted by Gasteiger charge is 2.40. The molecule has 1 aromatic carbocycles. The Morgan fingerprint density at radius 1 is 1.24 bits per heavy atom. The first-order chi connectivity index (χ1) is 10.2. The highest BCUT2D eigenvalue weighted by Crippen LogP contribution is 2.41. The van der Waals surface area contributed by atoms with Crippen LogP contribution in [0.15, 0.2) is 24.3 Å². The van der Waals surface area contributed by atoms with E-state index in [1.54, 1.807) is 0 Å². The molecule has 0 aliphatic heterocycles. The van der Waals surface area contributed by atoms with Crippen molar-refractivity contribution in [3.05, 3.63) is 35.4 Å². The van der Waals surface area contributed by atoms with E-state index in [1.807, 2.05) is 17.0 Å². The molecule has 112 valence electrons. The summed E-state index contributed by atoms with van der Waals surface area (Å²) in [6, 6.07) is 8.84. The smallest absolute Gasteiger partial charge is 0.242 e. The summed E-state index contributed by atoms with van der Waals surface area (Å²) in [6.45, 7) is -0.0336. The van der Waals surface area contributed by atoms with Gasteiger partial charge in [-0.25, -0.2) is 0 Å². The van der Waals surface area contributed by atoms with Gasteiger partial charge in [0.15, 0.2) is 0 Å². The van der Waals surface area contributed by atoms with Gasteiger partial charge < -0.3 is 16.0 Å². The number of amides is 2. The maximum Gasteiger partial charge on any atom is 0.242 e. The van der Waals surface area contributed by atoms with Gasteiger partial charge in [0.2, 0.25) is 11.8 Å². The second-order valence-corrected chi connectivity index (χ2v) is 5.77. The Hall–Kier alpha value is -1.88. The fraction of sp³-hybridized carbons (Fsp3) is 0.500.